The van der Waals surface area contributed by atoms with Crippen LogP contribution in [0.1, 0.15) is 35.7 Å². The maximum atomic E-state index is 13.1. The molecule has 1 heterocycles. The minimum absolute atomic E-state index is 0.121. The molecule has 130 valence electrons. The third-order valence-corrected chi connectivity index (χ3v) is 5.85. The first-order valence-electron chi connectivity index (χ1n) is 7.90. The zero-order chi connectivity index (χ0) is 18.2. The van der Waals surface area contributed by atoms with Gasteiger partial charge >= 0.3 is 5.97 Å². The van der Waals surface area contributed by atoms with Gasteiger partial charge in [-0.1, -0.05) is 32.0 Å². The third kappa shape index (κ3) is 2.93. The molecule has 0 radical (unpaired) electrons. The lowest BCUT2D eigenvalue weighted by Crippen LogP contribution is -2.12. The molecule has 0 N–H and O–H groups in total. The number of carbonyl (C=O) groups excluding carboxylic acids is 1. The summed E-state index contributed by atoms with van der Waals surface area (Å²) in [5.41, 5.74) is 1.93. The Morgan fingerprint density at radius 3 is 2.28 bits per heavy atom. The average molecular weight is 357 g/mol. The second-order valence-corrected chi connectivity index (χ2v) is 7.89. The Kier molecular flexibility index (Phi) is 4.39. The van der Waals surface area contributed by atoms with E-state index in [0.717, 1.165) is 10.9 Å². The number of esters is 1. The average Bonchev–Trinajstić information content (AvgIpc) is 3.02. The molecule has 0 saturated carbocycles. The molecule has 0 saturated heterocycles. The molecule has 0 aliphatic heterocycles. The number of hydrogen-bond donors (Lipinski definition) is 0. The molecule has 1 aromatic heterocycles. The summed E-state index contributed by atoms with van der Waals surface area (Å²) in [4.78, 5) is 11.6. The molecule has 0 bridgehead atoms. The molecule has 6 heteroatoms. The Balaban J connectivity index is 2.15. The summed E-state index contributed by atoms with van der Waals surface area (Å²) in [5.74, 6) is -0.305. The topological polar surface area (TPSA) is 65.4 Å². The summed E-state index contributed by atoms with van der Waals surface area (Å²) in [5, 5.41) is 0.923. The zero-order valence-corrected chi connectivity index (χ0v) is 15.1. The summed E-state index contributed by atoms with van der Waals surface area (Å²) in [6.07, 6.45) is 1.68. The molecule has 3 rings (SSSR count). The van der Waals surface area contributed by atoms with Crippen molar-refractivity contribution in [1.82, 2.24) is 3.97 Å². The van der Waals surface area contributed by atoms with E-state index in [9.17, 15) is 13.2 Å². The number of para-hydroxylation sites is 1. The Morgan fingerprint density at radius 2 is 1.68 bits per heavy atom. The standard InChI is InChI=1S/C19H19NO4S/c1-13(2)17-12-20(18-7-5-4-6-16(17)18)25(22,23)15-10-8-14(9-11-15)19(21)24-3/h4-13H,1-3H3. The van der Waals surface area contributed by atoms with Crippen LogP contribution in [0.15, 0.2) is 59.6 Å². The highest BCUT2D eigenvalue weighted by Crippen LogP contribution is 2.30. The van der Waals surface area contributed by atoms with Crippen molar-refractivity contribution in [3.05, 3.63) is 65.9 Å². The smallest absolute Gasteiger partial charge is 0.337 e. The van der Waals surface area contributed by atoms with Crippen LogP contribution in [0.4, 0.5) is 0 Å². The van der Waals surface area contributed by atoms with Gasteiger partial charge < -0.3 is 4.74 Å². The number of carbonyl (C=O) groups is 1. The van der Waals surface area contributed by atoms with E-state index >= 15 is 0 Å². The third-order valence-electron chi connectivity index (χ3n) is 4.16. The fraction of sp³-hybridized carbons (Fsp3) is 0.211. The van der Waals surface area contributed by atoms with E-state index in [1.165, 1.54) is 35.3 Å². The highest BCUT2D eigenvalue weighted by atomic mass is 32.2. The molecule has 2 aromatic carbocycles. The van der Waals surface area contributed by atoms with Gasteiger partial charge in [-0.05, 0) is 41.8 Å². The van der Waals surface area contributed by atoms with Crippen molar-refractivity contribution in [3.63, 3.8) is 0 Å². The summed E-state index contributed by atoms with van der Waals surface area (Å²) >= 11 is 0. The number of ether oxygens (including phenoxy) is 1. The van der Waals surface area contributed by atoms with Crippen molar-refractivity contribution >= 4 is 26.9 Å². The van der Waals surface area contributed by atoms with Gasteiger partial charge in [-0.2, -0.15) is 0 Å². The molecule has 25 heavy (non-hydrogen) atoms. The van der Waals surface area contributed by atoms with E-state index in [0.29, 0.717) is 11.1 Å². The second-order valence-electron chi connectivity index (χ2n) is 6.07. The van der Waals surface area contributed by atoms with E-state index in [4.69, 9.17) is 0 Å². The number of fused-ring (bicyclic) bond motifs is 1. The summed E-state index contributed by atoms with van der Waals surface area (Å²) < 4.78 is 32.1. The van der Waals surface area contributed by atoms with Crippen molar-refractivity contribution < 1.29 is 17.9 Å². The Labute approximate surface area is 146 Å². The summed E-state index contributed by atoms with van der Waals surface area (Å²) in [6.45, 7) is 4.06. The van der Waals surface area contributed by atoms with Gasteiger partial charge in [0.1, 0.15) is 0 Å². The Morgan fingerprint density at radius 1 is 1.04 bits per heavy atom. The molecular weight excluding hydrogens is 338 g/mol. The van der Waals surface area contributed by atoms with E-state index in [-0.39, 0.29) is 10.8 Å². The Bertz CT molecular complexity index is 1030. The van der Waals surface area contributed by atoms with Gasteiger partial charge in [0, 0.05) is 11.6 Å². The van der Waals surface area contributed by atoms with Crippen molar-refractivity contribution in [3.8, 4) is 0 Å². The number of methoxy groups -OCH3 is 1. The quantitative estimate of drug-likeness (QED) is 0.667. The van der Waals surface area contributed by atoms with E-state index in [2.05, 4.69) is 4.74 Å². The maximum absolute atomic E-state index is 13.1. The summed E-state index contributed by atoms with van der Waals surface area (Å²) in [7, 11) is -2.48. The molecule has 0 amide bonds. The number of nitrogens with zero attached hydrogens (tertiary/aromatic N) is 1. The fourth-order valence-corrected chi connectivity index (χ4v) is 4.21. The van der Waals surface area contributed by atoms with Gasteiger partial charge in [0.2, 0.25) is 0 Å². The number of rotatable bonds is 4. The van der Waals surface area contributed by atoms with Crippen LogP contribution in [0.5, 0.6) is 0 Å². The monoisotopic (exact) mass is 357 g/mol. The normalized spacial score (nSPS) is 11.8. The molecule has 0 fully saturated rings. The van der Waals surface area contributed by atoms with E-state index < -0.39 is 16.0 Å². The molecule has 3 aromatic rings. The van der Waals surface area contributed by atoms with Gasteiger partial charge in [-0.3, -0.25) is 0 Å². The highest BCUT2D eigenvalue weighted by Gasteiger charge is 2.22. The first-order valence-corrected chi connectivity index (χ1v) is 9.34. The van der Waals surface area contributed by atoms with Crippen molar-refractivity contribution in [1.29, 1.82) is 0 Å². The number of aromatic nitrogens is 1. The van der Waals surface area contributed by atoms with Crippen LogP contribution in [0.2, 0.25) is 0 Å². The molecule has 0 atom stereocenters. The molecule has 0 spiro atoms. The van der Waals surface area contributed by atoms with Crippen LogP contribution in [0.3, 0.4) is 0 Å². The molecule has 0 aliphatic rings. The second kappa shape index (κ2) is 6.37. The van der Waals surface area contributed by atoms with Crippen LogP contribution >= 0.6 is 0 Å². The lowest BCUT2D eigenvalue weighted by Gasteiger charge is -2.08. The summed E-state index contributed by atoms with van der Waals surface area (Å²) in [6, 6.07) is 13.2. The van der Waals surface area contributed by atoms with E-state index in [1.807, 2.05) is 32.0 Å². The van der Waals surface area contributed by atoms with Crippen molar-refractivity contribution in [2.45, 2.75) is 24.7 Å². The predicted molar refractivity (Wildman–Crippen MR) is 96.4 cm³/mol. The maximum Gasteiger partial charge on any atom is 0.337 e. The zero-order valence-electron chi connectivity index (χ0n) is 14.3. The fourth-order valence-electron chi connectivity index (χ4n) is 2.83. The molecule has 0 aliphatic carbocycles. The van der Waals surface area contributed by atoms with Gasteiger partial charge in [0.15, 0.2) is 0 Å². The highest BCUT2D eigenvalue weighted by molar-refractivity contribution is 7.90. The van der Waals surface area contributed by atoms with Crippen molar-refractivity contribution in [2.24, 2.45) is 0 Å². The minimum Gasteiger partial charge on any atom is -0.465 e. The van der Waals surface area contributed by atoms with Crippen LogP contribution in [0.25, 0.3) is 10.9 Å². The molecular formula is C19H19NO4S. The number of benzene rings is 2. The lowest BCUT2D eigenvalue weighted by atomic mass is 10.0. The van der Waals surface area contributed by atoms with Gasteiger partial charge in [-0.25, -0.2) is 17.2 Å². The largest absolute Gasteiger partial charge is 0.465 e. The first-order chi connectivity index (χ1) is 11.9. The lowest BCUT2D eigenvalue weighted by molar-refractivity contribution is 0.0600. The van der Waals surface area contributed by atoms with Crippen molar-refractivity contribution in [2.75, 3.05) is 7.11 Å². The van der Waals surface area contributed by atoms with Crippen LogP contribution in [-0.2, 0) is 14.8 Å². The first kappa shape index (κ1) is 17.2. The van der Waals surface area contributed by atoms with Gasteiger partial charge in [-0.15, -0.1) is 0 Å². The van der Waals surface area contributed by atoms with Crippen LogP contribution in [-0.4, -0.2) is 25.5 Å². The Hall–Kier alpha value is -2.60. The van der Waals surface area contributed by atoms with Crippen LogP contribution in [0, 0.1) is 0 Å². The van der Waals surface area contributed by atoms with E-state index in [1.54, 1.807) is 12.3 Å². The van der Waals surface area contributed by atoms with Crippen LogP contribution < -0.4 is 0 Å². The molecule has 5 nitrogen and oxygen atoms in total. The molecule has 0 unspecified atom stereocenters. The minimum atomic E-state index is -3.76. The number of hydrogen-bond acceptors (Lipinski definition) is 4. The van der Waals surface area contributed by atoms with Gasteiger partial charge in [0.25, 0.3) is 10.0 Å². The SMILES string of the molecule is COC(=O)c1ccc(S(=O)(=O)n2cc(C(C)C)c3ccccc32)cc1. The predicted octanol–water partition coefficient (Wildman–Crippen LogP) is 3.79. The van der Waals surface area contributed by atoms with Gasteiger partial charge in [0.05, 0.1) is 23.1 Å².